The lowest BCUT2D eigenvalue weighted by atomic mass is 10.0. The fourth-order valence-electron chi connectivity index (χ4n) is 2.97. The summed E-state index contributed by atoms with van der Waals surface area (Å²) in [5, 5.41) is 11.6. The molecule has 0 bridgehead atoms. The van der Waals surface area contributed by atoms with E-state index < -0.39 is 17.9 Å². The van der Waals surface area contributed by atoms with Gasteiger partial charge in [0.05, 0.1) is 18.7 Å². The number of rotatable bonds is 8. The largest absolute Gasteiger partial charge is 0.489 e. The highest BCUT2D eigenvalue weighted by Gasteiger charge is 2.22. The quantitative estimate of drug-likeness (QED) is 0.569. The second kappa shape index (κ2) is 10.6. The maximum absolute atomic E-state index is 12.5. The Kier molecular flexibility index (Phi) is 7.39. The number of amides is 1. The Hall–Kier alpha value is -4.11. The Morgan fingerprint density at radius 2 is 1.61 bits per heavy atom. The molecule has 0 radical (unpaired) electrons. The van der Waals surface area contributed by atoms with Gasteiger partial charge in [0.15, 0.2) is 0 Å². The van der Waals surface area contributed by atoms with Crippen LogP contribution in [0.15, 0.2) is 78.9 Å². The fraction of sp³-hybridized carbons (Fsp3) is 0.160. The Morgan fingerprint density at radius 3 is 2.23 bits per heavy atom. The third-order valence-electron chi connectivity index (χ3n) is 4.68. The van der Waals surface area contributed by atoms with Gasteiger partial charge in [-0.1, -0.05) is 42.5 Å². The van der Waals surface area contributed by atoms with Crippen LogP contribution in [0.1, 0.15) is 27.0 Å². The predicted molar refractivity (Wildman–Crippen MR) is 115 cm³/mol. The first kappa shape index (κ1) is 21.6. The molecule has 6 nitrogen and oxygen atoms in total. The lowest BCUT2D eigenvalue weighted by molar-refractivity contribution is -0.142. The first-order chi connectivity index (χ1) is 15.1. The fourth-order valence-corrected chi connectivity index (χ4v) is 2.97. The summed E-state index contributed by atoms with van der Waals surface area (Å²) in [4.78, 5) is 24.7. The van der Waals surface area contributed by atoms with Crippen LogP contribution in [0.4, 0.5) is 0 Å². The summed E-state index contributed by atoms with van der Waals surface area (Å²) < 4.78 is 10.6. The van der Waals surface area contributed by atoms with Gasteiger partial charge in [-0.25, -0.2) is 4.79 Å². The third kappa shape index (κ3) is 6.18. The molecular formula is C25H22N2O4. The number of methoxy groups -OCH3 is 1. The van der Waals surface area contributed by atoms with Crippen molar-refractivity contribution in [1.82, 2.24) is 5.32 Å². The smallest absolute Gasteiger partial charge is 0.328 e. The summed E-state index contributed by atoms with van der Waals surface area (Å²) in [5.41, 5.74) is 2.73. The molecule has 0 unspecified atom stereocenters. The summed E-state index contributed by atoms with van der Waals surface area (Å²) >= 11 is 0. The predicted octanol–water partition coefficient (Wildman–Crippen LogP) is 3.65. The SMILES string of the molecule is COC(=O)[C@H](Cc1ccc(OCc2ccccc2)cc1)NC(=O)c1ccc(C#N)cc1. The van der Waals surface area contributed by atoms with Crippen LogP contribution in [0.25, 0.3) is 0 Å². The molecule has 3 rings (SSSR count). The number of hydrogen-bond donors (Lipinski definition) is 1. The van der Waals surface area contributed by atoms with E-state index in [9.17, 15) is 9.59 Å². The summed E-state index contributed by atoms with van der Waals surface area (Å²) in [6.45, 7) is 0.464. The average Bonchev–Trinajstić information content (AvgIpc) is 2.83. The van der Waals surface area contributed by atoms with Crippen molar-refractivity contribution in [3.63, 3.8) is 0 Å². The summed E-state index contributed by atoms with van der Waals surface area (Å²) in [5.74, 6) is -0.238. The molecule has 1 N–H and O–H groups in total. The standard InChI is InChI=1S/C25H22N2O4/c1-30-25(29)23(27-24(28)21-11-7-19(16-26)8-12-21)15-18-9-13-22(14-10-18)31-17-20-5-3-2-4-6-20/h2-14,23H,15,17H2,1H3,(H,27,28)/t23-/m0/s1. The first-order valence-corrected chi connectivity index (χ1v) is 9.73. The van der Waals surface area contributed by atoms with Crippen molar-refractivity contribution in [3.8, 4) is 11.8 Å². The van der Waals surface area contributed by atoms with E-state index >= 15 is 0 Å². The molecule has 0 aromatic heterocycles. The molecule has 0 heterocycles. The third-order valence-corrected chi connectivity index (χ3v) is 4.68. The van der Waals surface area contributed by atoms with Crippen molar-refractivity contribution in [2.75, 3.05) is 7.11 Å². The Bertz CT molecular complexity index is 1060. The summed E-state index contributed by atoms with van der Waals surface area (Å²) in [6.07, 6.45) is 0.271. The van der Waals surface area contributed by atoms with Gasteiger partial charge >= 0.3 is 5.97 Å². The molecule has 3 aromatic rings. The number of benzene rings is 3. The molecule has 0 aliphatic carbocycles. The molecule has 0 spiro atoms. The minimum absolute atomic E-state index is 0.271. The van der Waals surface area contributed by atoms with Gasteiger partial charge in [-0.2, -0.15) is 5.26 Å². The van der Waals surface area contributed by atoms with E-state index in [1.54, 1.807) is 24.3 Å². The lowest BCUT2D eigenvalue weighted by Crippen LogP contribution is -2.43. The van der Waals surface area contributed by atoms with Crippen LogP contribution in [-0.4, -0.2) is 25.0 Å². The van der Waals surface area contributed by atoms with Gasteiger partial charge in [-0.15, -0.1) is 0 Å². The van der Waals surface area contributed by atoms with E-state index in [-0.39, 0.29) is 6.42 Å². The molecule has 1 amide bonds. The Labute approximate surface area is 181 Å². The van der Waals surface area contributed by atoms with Gasteiger partial charge < -0.3 is 14.8 Å². The number of esters is 1. The topological polar surface area (TPSA) is 88.4 Å². The molecule has 156 valence electrons. The number of hydrogen-bond acceptors (Lipinski definition) is 5. The maximum Gasteiger partial charge on any atom is 0.328 e. The van der Waals surface area contributed by atoms with Gasteiger partial charge in [-0.3, -0.25) is 4.79 Å². The molecule has 0 aliphatic rings. The van der Waals surface area contributed by atoms with Crippen LogP contribution in [0, 0.1) is 11.3 Å². The van der Waals surface area contributed by atoms with Crippen LogP contribution in [0.3, 0.4) is 0 Å². The molecule has 0 saturated heterocycles. The zero-order chi connectivity index (χ0) is 22.1. The number of nitrogens with one attached hydrogen (secondary N) is 1. The van der Waals surface area contributed by atoms with Crippen molar-refractivity contribution in [3.05, 3.63) is 101 Å². The van der Waals surface area contributed by atoms with Crippen LogP contribution in [0.2, 0.25) is 0 Å². The Balaban J connectivity index is 1.62. The van der Waals surface area contributed by atoms with Crippen molar-refractivity contribution < 1.29 is 19.1 Å². The Morgan fingerprint density at radius 1 is 0.935 bits per heavy atom. The number of nitrogens with zero attached hydrogens (tertiary/aromatic N) is 1. The monoisotopic (exact) mass is 414 g/mol. The van der Waals surface area contributed by atoms with Crippen molar-refractivity contribution in [2.24, 2.45) is 0 Å². The minimum Gasteiger partial charge on any atom is -0.489 e. The zero-order valence-electron chi connectivity index (χ0n) is 17.1. The second-order valence-electron chi connectivity index (χ2n) is 6.86. The lowest BCUT2D eigenvalue weighted by Gasteiger charge is -2.17. The van der Waals surface area contributed by atoms with Crippen molar-refractivity contribution in [1.29, 1.82) is 5.26 Å². The van der Waals surface area contributed by atoms with Gasteiger partial charge in [0.25, 0.3) is 5.91 Å². The number of carbonyl (C=O) groups excluding carboxylic acids is 2. The van der Waals surface area contributed by atoms with E-state index in [0.717, 1.165) is 11.1 Å². The normalized spacial score (nSPS) is 11.1. The molecular weight excluding hydrogens is 392 g/mol. The molecule has 1 atom stereocenters. The number of nitriles is 1. The molecule has 3 aromatic carbocycles. The van der Waals surface area contributed by atoms with Crippen LogP contribution in [-0.2, 0) is 22.6 Å². The first-order valence-electron chi connectivity index (χ1n) is 9.73. The average molecular weight is 414 g/mol. The van der Waals surface area contributed by atoms with E-state index in [4.69, 9.17) is 14.7 Å². The van der Waals surface area contributed by atoms with Gasteiger partial charge in [0.2, 0.25) is 0 Å². The van der Waals surface area contributed by atoms with E-state index in [1.807, 2.05) is 60.7 Å². The van der Waals surface area contributed by atoms with Gasteiger partial charge in [0.1, 0.15) is 18.4 Å². The summed E-state index contributed by atoms with van der Waals surface area (Å²) in [6, 6.07) is 24.6. The van der Waals surface area contributed by atoms with Crippen LogP contribution in [0.5, 0.6) is 5.75 Å². The van der Waals surface area contributed by atoms with E-state index in [1.165, 1.54) is 7.11 Å². The highest BCUT2D eigenvalue weighted by Crippen LogP contribution is 2.16. The van der Waals surface area contributed by atoms with Crippen LogP contribution >= 0.6 is 0 Å². The van der Waals surface area contributed by atoms with Crippen molar-refractivity contribution in [2.45, 2.75) is 19.1 Å². The molecule has 0 saturated carbocycles. The van der Waals surface area contributed by atoms with E-state index in [0.29, 0.717) is 23.5 Å². The highest BCUT2D eigenvalue weighted by molar-refractivity contribution is 5.96. The number of ether oxygens (including phenoxy) is 2. The maximum atomic E-state index is 12.5. The zero-order valence-corrected chi connectivity index (χ0v) is 17.1. The molecule has 31 heavy (non-hydrogen) atoms. The molecule has 6 heteroatoms. The minimum atomic E-state index is -0.843. The highest BCUT2D eigenvalue weighted by atomic mass is 16.5. The van der Waals surface area contributed by atoms with Crippen molar-refractivity contribution >= 4 is 11.9 Å². The summed E-state index contributed by atoms with van der Waals surface area (Å²) in [7, 11) is 1.28. The van der Waals surface area contributed by atoms with Gasteiger partial charge in [-0.05, 0) is 47.5 Å². The number of carbonyl (C=O) groups is 2. The molecule has 0 aliphatic heterocycles. The second-order valence-corrected chi connectivity index (χ2v) is 6.86. The van der Waals surface area contributed by atoms with Gasteiger partial charge in [0, 0.05) is 12.0 Å². The molecule has 0 fully saturated rings. The van der Waals surface area contributed by atoms with E-state index in [2.05, 4.69) is 5.32 Å². The van der Waals surface area contributed by atoms with Crippen LogP contribution < -0.4 is 10.1 Å².